The van der Waals surface area contributed by atoms with Gasteiger partial charge in [-0.25, -0.2) is 0 Å². The van der Waals surface area contributed by atoms with Crippen molar-refractivity contribution < 1.29 is 9.59 Å². The summed E-state index contributed by atoms with van der Waals surface area (Å²) in [6, 6.07) is 6.98. The van der Waals surface area contributed by atoms with Crippen LogP contribution in [0.4, 0.5) is 5.69 Å². The lowest BCUT2D eigenvalue weighted by molar-refractivity contribution is -0.113. The van der Waals surface area contributed by atoms with Crippen LogP contribution in [-0.4, -0.2) is 40.6 Å². The fourth-order valence-corrected chi connectivity index (χ4v) is 2.89. The summed E-state index contributed by atoms with van der Waals surface area (Å²) >= 11 is 0. The molecular weight excluding hydrogens is 328 g/mol. The fourth-order valence-electron chi connectivity index (χ4n) is 2.89. The van der Waals surface area contributed by atoms with Crippen molar-refractivity contribution in [2.45, 2.75) is 33.9 Å². The van der Waals surface area contributed by atoms with Gasteiger partial charge in [0.25, 0.3) is 5.91 Å². The normalized spacial score (nSPS) is 10.5. The summed E-state index contributed by atoms with van der Waals surface area (Å²) in [6.45, 7) is 10.8. The van der Waals surface area contributed by atoms with E-state index in [9.17, 15) is 9.59 Å². The molecule has 0 saturated heterocycles. The quantitative estimate of drug-likeness (QED) is 0.750. The molecule has 6 heteroatoms. The minimum absolute atomic E-state index is 0.0719. The Balaban J connectivity index is 2.15. The Hall–Kier alpha value is -2.89. The van der Waals surface area contributed by atoms with E-state index in [1.54, 1.807) is 43.3 Å². The van der Waals surface area contributed by atoms with Gasteiger partial charge < -0.3 is 9.80 Å². The van der Waals surface area contributed by atoms with E-state index in [0.29, 0.717) is 17.8 Å². The third kappa shape index (κ3) is 3.85. The number of benzene rings is 1. The summed E-state index contributed by atoms with van der Waals surface area (Å²) < 4.78 is 1.95. The first-order valence-corrected chi connectivity index (χ1v) is 8.58. The Kier molecular flexibility index (Phi) is 5.97. The van der Waals surface area contributed by atoms with Gasteiger partial charge in [-0.15, -0.1) is 0 Å². The molecule has 26 heavy (non-hydrogen) atoms. The van der Waals surface area contributed by atoms with Crippen LogP contribution in [0.2, 0.25) is 0 Å². The van der Waals surface area contributed by atoms with Crippen LogP contribution in [0, 0.1) is 13.8 Å². The number of likely N-dealkylation sites (N-methyl/N-ethyl adjacent to an activating group) is 1. The van der Waals surface area contributed by atoms with Crippen LogP contribution in [-0.2, 0) is 17.9 Å². The van der Waals surface area contributed by atoms with Crippen LogP contribution < -0.4 is 4.90 Å². The van der Waals surface area contributed by atoms with E-state index < -0.39 is 0 Å². The van der Waals surface area contributed by atoms with E-state index in [2.05, 4.69) is 11.7 Å². The maximum Gasteiger partial charge on any atom is 0.253 e. The predicted octanol–water partition coefficient (Wildman–Crippen LogP) is 2.94. The highest BCUT2D eigenvalue weighted by atomic mass is 16.2. The number of amides is 2. The van der Waals surface area contributed by atoms with Gasteiger partial charge >= 0.3 is 0 Å². The van der Waals surface area contributed by atoms with Crippen molar-refractivity contribution in [1.82, 2.24) is 14.7 Å². The summed E-state index contributed by atoms with van der Waals surface area (Å²) in [5.41, 5.74) is 4.41. The molecule has 1 aromatic heterocycles. The molecule has 2 rings (SSSR count). The fraction of sp³-hybridized carbons (Fsp3) is 0.350. The SMILES string of the molecule is C=CC(=O)N(C)c1ccc(C(=O)N(C)Cc2c(C)nn(CC)c2C)cc1. The van der Waals surface area contributed by atoms with Crippen molar-refractivity contribution in [2.24, 2.45) is 0 Å². The van der Waals surface area contributed by atoms with Gasteiger partial charge in [-0.3, -0.25) is 14.3 Å². The molecule has 0 aliphatic heterocycles. The third-order valence-electron chi connectivity index (χ3n) is 4.58. The Labute approximate surface area is 154 Å². The van der Waals surface area contributed by atoms with Crippen LogP contribution in [0.3, 0.4) is 0 Å². The first-order valence-electron chi connectivity index (χ1n) is 8.58. The minimum atomic E-state index is -0.194. The van der Waals surface area contributed by atoms with E-state index >= 15 is 0 Å². The maximum absolute atomic E-state index is 12.7. The summed E-state index contributed by atoms with van der Waals surface area (Å²) in [6.07, 6.45) is 1.26. The molecule has 0 radical (unpaired) electrons. The molecule has 1 heterocycles. The molecule has 138 valence electrons. The van der Waals surface area contributed by atoms with Gasteiger partial charge in [0.2, 0.25) is 5.91 Å². The lowest BCUT2D eigenvalue weighted by atomic mass is 10.1. The molecule has 6 nitrogen and oxygen atoms in total. The highest BCUT2D eigenvalue weighted by molar-refractivity contribution is 6.01. The number of rotatable bonds is 6. The molecule has 0 N–H and O–H groups in total. The molecule has 2 amide bonds. The topological polar surface area (TPSA) is 58.4 Å². The molecule has 0 spiro atoms. The predicted molar refractivity (Wildman–Crippen MR) is 103 cm³/mol. The Morgan fingerprint density at radius 2 is 1.81 bits per heavy atom. The largest absolute Gasteiger partial charge is 0.337 e. The highest BCUT2D eigenvalue weighted by Crippen LogP contribution is 2.18. The van der Waals surface area contributed by atoms with E-state index in [1.165, 1.54) is 11.0 Å². The minimum Gasteiger partial charge on any atom is -0.337 e. The maximum atomic E-state index is 12.7. The molecule has 0 atom stereocenters. The van der Waals surface area contributed by atoms with E-state index in [4.69, 9.17) is 0 Å². The second-order valence-electron chi connectivity index (χ2n) is 6.27. The van der Waals surface area contributed by atoms with Crippen molar-refractivity contribution in [3.8, 4) is 0 Å². The van der Waals surface area contributed by atoms with Crippen LogP contribution >= 0.6 is 0 Å². The second kappa shape index (κ2) is 7.99. The van der Waals surface area contributed by atoms with Gasteiger partial charge in [0, 0.05) is 49.7 Å². The van der Waals surface area contributed by atoms with Crippen molar-refractivity contribution in [3.63, 3.8) is 0 Å². The van der Waals surface area contributed by atoms with Gasteiger partial charge in [0.15, 0.2) is 0 Å². The van der Waals surface area contributed by atoms with Gasteiger partial charge in [0.1, 0.15) is 0 Å². The van der Waals surface area contributed by atoms with Crippen molar-refractivity contribution >= 4 is 17.5 Å². The number of carbonyl (C=O) groups excluding carboxylic acids is 2. The zero-order valence-electron chi connectivity index (χ0n) is 16.1. The summed E-state index contributed by atoms with van der Waals surface area (Å²) in [5, 5.41) is 4.50. The molecule has 0 fully saturated rings. The summed E-state index contributed by atoms with van der Waals surface area (Å²) in [5.74, 6) is -0.266. The number of hydrogen-bond acceptors (Lipinski definition) is 3. The second-order valence-corrected chi connectivity index (χ2v) is 6.27. The average molecular weight is 354 g/mol. The highest BCUT2D eigenvalue weighted by Gasteiger charge is 2.17. The third-order valence-corrected chi connectivity index (χ3v) is 4.58. The summed E-state index contributed by atoms with van der Waals surface area (Å²) in [4.78, 5) is 27.5. The first-order chi connectivity index (χ1) is 12.3. The molecule has 1 aromatic carbocycles. The molecule has 0 aliphatic rings. The molecule has 2 aromatic rings. The van der Waals surface area contributed by atoms with Gasteiger partial charge in [-0.05, 0) is 51.1 Å². The number of carbonyl (C=O) groups is 2. The molecular formula is C20H26N4O2. The van der Waals surface area contributed by atoms with Crippen molar-refractivity contribution in [2.75, 3.05) is 19.0 Å². The standard InChI is InChI=1S/C20H26N4O2/c1-7-19(25)23(6)17-11-9-16(10-12-17)20(26)22(5)13-18-14(3)21-24(8-2)15(18)4/h7,9-12H,1,8,13H2,2-6H3. The van der Waals surface area contributed by atoms with Crippen LogP contribution in [0.5, 0.6) is 0 Å². The van der Waals surface area contributed by atoms with Crippen LogP contribution in [0.15, 0.2) is 36.9 Å². The van der Waals surface area contributed by atoms with E-state index in [0.717, 1.165) is 23.5 Å². The van der Waals surface area contributed by atoms with Gasteiger partial charge in [0.05, 0.1) is 5.69 Å². The van der Waals surface area contributed by atoms with E-state index in [1.807, 2.05) is 25.5 Å². The lowest BCUT2D eigenvalue weighted by Crippen LogP contribution is -2.27. The number of aromatic nitrogens is 2. The Bertz CT molecular complexity index is 821. The average Bonchev–Trinajstić information content (AvgIpc) is 2.93. The van der Waals surface area contributed by atoms with E-state index in [-0.39, 0.29) is 11.8 Å². The van der Waals surface area contributed by atoms with Crippen LogP contribution in [0.1, 0.15) is 34.2 Å². The summed E-state index contributed by atoms with van der Waals surface area (Å²) in [7, 11) is 3.45. The molecule has 0 saturated carbocycles. The number of hydrogen-bond donors (Lipinski definition) is 0. The Morgan fingerprint density at radius 3 is 2.31 bits per heavy atom. The first kappa shape index (κ1) is 19.4. The monoisotopic (exact) mass is 354 g/mol. The Morgan fingerprint density at radius 1 is 1.19 bits per heavy atom. The zero-order valence-corrected chi connectivity index (χ0v) is 16.1. The van der Waals surface area contributed by atoms with Gasteiger partial charge in [-0.2, -0.15) is 5.10 Å². The lowest BCUT2D eigenvalue weighted by Gasteiger charge is -2.19. The van der Waals surface area contributed by atoms with Gasteiger partial charge in [-0.1, -0.05) is 6.58 Å². The number of aryl methyl sites for hydroxylation is 2. The van der Waals surface area contributed by atoms with Crippen LogP contribution in [0.25, 0.3) is 0 Å². The number of anilines is 1. The zero-order chi connectivity index (χ0) is 19.4. The number of nitrogens with zero attached hydrogens (tertiary/aromatic N) is 4. The molecule has 0 unspecified atom stereocenters. The molecule has 0 bridgehead atoms. The molecule has 0 aliphatic carbocycles. The van der Waals surface area contributed by atoms with Crippen molar-refractivity contribution in [3.05, 3.63) is 59.4 Å². The smallest absolute Gasteiger partial charge is 0.253 e. The van der Waals surface area contributed by atoms with Crippen molar-refractivity contribution in [1.29, 1.82) is 0 Å².